The predicted molar refractivity (Wildman–Crippen MR) is 78.3 cm³/mol. The Morgan fingerprint density at radius 3 is 2.20 bits per heavy atom. The molecule has 0 amide bonds. The predicted octanol–water partition coefficient (Wildman–Crippen LogP) is 1.97. The highest BCUT2D eigenvalue weighted by Crippen LogP contribution is 2.31. The van der Waals surface area contributed by atoms with E-state index < -0.39 is 6.29 Å². The first-order valence-corrected chi connectivity index (χ1v) is 6.86. The molecular weight excluding hydrogens is 258 g/mol. The third-order valence-corrected chi connectivity index (χ3v) is 2.95. The maximum Gasteiger partial charge on any atom is 0.172 e. The van der Waals surface area contributed by atoms with Crippen molar-refractivity contribution in [1.29, 1.82) is 0 Å². The fourth-order valence-corrected chi connectivity index (χ4v) is 2.09. The van der Waals surface area contributed by atoms with Gasteiger partial charge in [-0.05, 0) is 31.9 Å². The van der Waals surface area contributed by atoms with Crippen LogP contribution in [0.4, 0.5) is 0 Å². The third-order valence-electron chi connectivity index (χ3n) is 2.95. The Balaban J connectivity index is 2.85. The van der Waals surface area contributed by atoms with Crippen LogP contribution in [-0.2, 0) is 15.9 Å². The van der Waals surface area contributed by atoms with E-state index in [0.29, 0.717) is 31.1 Å². The number of benzene rings is 1. The summed E-state index contributed by atoms with van der Waals surface area (Å²) in [6.45, 7) is 4.97. The molecule has 0 aliphatic carbocycles. The maximum atomic E-state index is 6.19. The van der Waals surface area contributed by atoms with Gasteiger partial charge in [-0.15, -0.1) is 0 Å². The van der Waals surface area contributed by atoms with Crippen molar-refractivity contribution in [3.8, 4) is 11.5 Å². The summed E-state index contributed by atoms with van der Waals surface area (Å²) in [5, 5.41) is 0. The molecule has 1 aromatic rings. The summed E-state index contributed by atoms with van der Waals surface area (Å²) in [7, 11) is 3.24. The van der Waals surface area contributed by atoms with Gasteiger partial charge in [0.1, 0.15) is 0 Å². The summed E-state index contributed by atoms with van der Waals surface area (Å²) in [4.78, 5) is 0. The van der Waals surface area contributed by atoms with Gasteiger partial charge < -0.3 is 24.7 Å². The number of ether oxygens (including phenoxy) is 4. The average molecular weight is 283 g/mol. The fourth-order valence-electron chi connectivity index (χ4n) is 2.09. The van der Waals surface area contributed by atoms with E-state index in [0.717, 1.165) is 5.56 Å². The molecule has 5 heteroatoms. The zero-order chi connectivity index (χ0) is 15.0. The Morgan fingerprint density at radius 1 is 1.05 bits per heavy atom. The molecule has 0 heterocycles. The molecular formula is C15H25NO4. The Morgan fingerprint density at radius 2 is 1.70 bits per heavy atom. The van der Waals surface area contributed by atoms with Gasteiger partial charge in [-0.1, -0.05) is 12.1 Å². The zero-order valence-corrected chi connectivity index (χ0v) is 12.7. The minimum Gasteiger partial charge on any atom is -0.493 e. The van der Waals surface area contributed by atoms with E-state index in [2.05, 4.69) is 0 Å². The smallest absolute Gasteiger partial charge is 0.172 e. The second kappa shape index (κ2) is 8.79. The van der Waals surface area contributed by atoms with Gasteiger partial charge in [0.05, 0.1) is 20.3 Å². The highest BCUT2D eigenvalue weighted by atomic mass is 16.7. The second-order valence-corrected chi connectivity index (χ2v) is 4.30. The molecule has 20 heavy (non-hydrogen) atoms. The first-order chi connectivity index (χ1) is 9.67. The Labute approximate surface area is 121 Å². The normalized spacial score (nSPS) is 12.5. The van der Waals surface area contributed by atoms with Crippen molar-refractivity contribution < 1.29 is 18.9 Å². The number of nitrogens with two attached hydrogens (primary N) is 1. The fraction of sp³-hybridized carbons (Fsp3) is 0.600. The topological polar surface area (TPSA) is 62.9 Å². The quantitative estimate of drug-likeness (QED) is 0.702. The van der Waals surface area contributed by atoms with E-state index in [1.165, 1.54) is 0 Å². The van der Waals surface area contributed by atoms with Crippen LogP contribution in [0.3, 0.4) is 0 Å². The van der Waals surface area contributed by atoms with Crippen molar-refractivity contribution in [3.05, 3.63) is 23.8 Å². The number of para-hydroxylation sites is 1. The Kier molecular flexibility index (Phi) is 7.36. The SMILES string of the molecule is CCOC(OCC)C(N)Cc1cccc(OC)c1OC. The molecule has 0 fully saturated rings. The summed E-state index contributed by atoms with van der Waals surface area (Å²) in [5.41, 5.74) is 7.17. The van der Waals surface area contributed by atoms with Gasteiger partial charge in [0, 0.05) is 13.2 Å². The first kappa shape index (κ1) is 16.8. The largest absolute Gasteiger partial charge is 0.493 e. The van der Waals surface area contributed by atoms with Crippen molar-refractivity contribution in [3.63, 3.8) is 0 Å². The van der Waals surface area contributed by atoms with Crippen LogP contribution in [0.2, 0.25) is 0 Å². The third kappa shape index (κ3) is 4.37. The van der Waals surface area contributed by atoms with Crippen molar-refractivity contribution >= 4 is 0 Å². The lowest BCUT2D eigenvalue weighted by Gasteiger charge is -2.24. The monoisotopic (exact) mass is 283 g/mol. The molecule has 1 atom stereocenters. The van der Waals surface area contributed by atoms with E-state index in [-0.39, 0.29) is 6.04 Å². The van der Waals surface area contributed by atoms with E-state index in [9.17, 15) is 0 Å². The number of hydrogen-bond acceptors (Lipinski definition) is 5. The lowest BCUT2D eigenvalue weighted by atomic mass is 10.0. The molecule has 0 aromatic heterocycles. The van der Waals surface area contributed by atoms with Gasteiger partial charge >= 0.3 is 0 Å². The molecule has 0 bridgehead atoms. The van der Waals surface area contributed by atoms with E-state index in [4.69, 9.17) is 24.7 Å². The molecule has 2 N–H and O–H groups in total. The minimum absolute atomic E-state index is 0.268. The minimum atomic E-state index is -0.416. The average Bonchev–Trinajstić information content (AvgIpc) is 2.46. The molecule has 0 aliphatic rings. The lowest BCUT2D eigenvalue weighted by Crippen LogP contribution is -2.40. The molecule has 0 aliphatic heterocycles. The Hall–Kier alpha value is -1.30. The van der Waals surface area contributed by atoms with Crippen LogP contribution in [0.15, 0.2) is 18.2 Å². The molecule has 0 radical (unpaired) electrons. The van der Waals surface area contributed by atoms with Crippen LogP contribution < -0.4 is 15.2 Å². The van der Waals surface area contributed by atoms with E-state index in [1.807, 2.05) is 32.0 Å². The number of hydrogen-bond donors (Lipinski definition) is 1. The first-order valence-electron chi connectivity index (χ1n) is 6.86. The van der Waals surface area contributed by atoms with Gasteiger partial charge in [-0.2, -0.15) is 0 Å². The van der Waals surface area contributed by atoms with E-state index >= 15 is 0 Å². The molecule has 0 spiro atoms. The molecule has 1 aromatic carbocycles. The van der Waals surface area contributed by atoms with E-state index in [1.54, 1.807) is 14.2 Å². The van der Waals surface area contributed by atoms with Crippen LogP contribution in [0.1, 0.15) is 19.4 Å². The van der Waals surface area contributed by atoms with Crippen LogP contribution in [0.25, 0.3) is 0 Å². The molecule has 1 unspecified atom stereocenters. The number of rotatable bonds is 9. The zero-order valence-electron chi connectivity index (χ0n) is 12.7. The van der Waals surface area contributed by atoms with Gasteiger partial charge in [0.2, 0.25) is 0 Å². The van der Waals surface area contributed by atoms with Gasteiger partial charge in [0.25, 0.3) is 0 Å². The maximum absolute atomic E-state index is 6.19. The van der Waals surface area contributed by atoms with Gasteiger partial charge in [-0.25, -0.2) is 0 Å². The van der Waals surface area contributed by atoms with Crippen molar-refractivity contribution in [2.24, 2.45) is 5.73 Å². The standard InChI is InChI=1S/C15H25NO4/c1-5-19-15(20-6-2)12(16)10-11-8-7-9-13(17-3)14(11)18-4/h7-9,12,15H,5-6,10,16H2,1-4H3. The van der Waals surface area contributed by atoms with Crippen LogP contribution in [0.5, 0.6) is 11.5 Å². The lowest BCUT2D eigenvalue weighted by molar-refractivity contribution is -0.148. The van der Waals surface area contributed by atoms with Crippen molar-refractivity contribution in [1.82, 2.24) is 0 Å². The molecule has 114 valence electrons. The summed E-state index contributed by atoms with van der Waals surface area (Å²) in [6.07, 6.45) is 0.173. The van der Waals surface area contributed by atoms with Crippen LogP contribution in [0, 0.1) is 0 Å². The van der Waals surface area contributed by atoms with Crippen LogP contribution >= 0.6 is 0 Å². The molecule has 0 saturated heterocycles. The number of methoxy groups -OCH3 is 2. The second-order valence-electron chi connectivity index (χ2n) is 4.30. The van der Waals surface area contributed by atoms with Gasteiger partial charge in [0.15, 0.2) is 17.8 Å². The van der Waals surface area contributed by atoms with Crippen molar-refractivity contribution in [2.45, 2.75) is 32.6 Å². The van der Waals surface area contributed by atoms with Gasteiger partial charge in [-0.3, -0.25) is 0 Å². The summed E-state index contributed by atoms with van der Waals surface area (Å²) in [5.74, 6) is 1.40. The highest BCUT2D eigenvalue weighted by molar-refractivity contribution is 5.46. The summed E-state index contributed by atoms with van der Waals surface area (Å²) >= 11 is 0. The molecule has 5 nitrogen and oxygen atoms in total. The highest BCUT2D eigenvalue weighted by Gasteiger charge is 2.21. The summed E-state index contributed by atoms with van der Waals surface area (Å²) in [6, 6.07) is 5.47. The summed E-state index contributed by atoms with van der Waals surface area (Å²) < 4.78 is 21.7. The Bertz CT molecular complexity index is 391. The van der Waals surface area contributed by atoms with Crippen molar-refractivity contribution in [2.75, 3.05) is 27.4 Å². The molecule has 0 saturated carbocycles. The molecule has 1 rings (SSSR count). The van der Waals surface area contributed by atoms with Crippen LogP contribution in [-0.4, -0.2) is 39.8 Å².